The van der Waals surface area contributed by atoms with Crippen LogP contribution in [0.5, 0.6) is 0 Å². The van der Waals surface area contributed by atoms with Crippen LogP contribution in [0.4, 0.5) is 17.1 Å². The molecule has 0 fully saturated rings. The highest BCUT2D eigenvalue weighted by Gasteiger charge is 2.19. The molecule has 0 unspecified atom stereocenters. The average Bonchev–Trinajstić information content (AvgIpc) is 2.80. The Morgan fingerprint density at radius 2 is 1.42 bits per heavy atom. The van der Waals surface area contributed by atoms with E-state index < -0.39 is 0 Å². The lowest BCUT2D eigenvalue weighted by Gasteiger charge is -2.15. The summed E-state index contributed by atoms with van der Waals surface area (Å²) in [7, 11) is 0. The molecule has 0 saturated heterocycles. The number of hydrogen-bond acceptors (Lipinski definition) is 3. The fourth-order valence-electron chi connectivity index (χ4n) is 3.00. The Morgan fingerprint density at radius 3 is 2.29 bits per heavy atom. The SMILES string of the molecule is O=[N+]([O-])c1ccccc1-c1cccc2c1Nc1ccccc1C=C2. The molecule has 0 atom stereocenters. The summed E-state index contributed by atoms with van der Waals surface area (Å²) in [6, 6.07) is 20.7. The first-order valence-electron chi connectivity index (χ1n) is 7.65. The zero-order valence-electron chi connectivity index (χ0n) is 12.8. The molecule has 0 spiro atoms. The van der Waals surface area contributed by atoms with Gasteiger partial charge < -0.3 is 5.32 Å². The molecule has 0 bridgehead atoms. The minimum Gasteiger partial charge on any atom is -0.354 e. The molecular formula is C20H14N2O2. The zero-order valence-corrected chi connectivity index (χ0v) is 12.8. The summed E-state index contributed by atoms with van der Waals surface area (Å²) < 4.78 is 0. The monoisotopic (exact) mass is 314 g/mol. The molecule has 0 amide bonds. The van der Waals surface area contributed by atoms with Gasteiger partial charge in [-0.3, -0.25) is 10.1 Å². The first kappa shape index (κ1) is 14.2. The van der Waals surface area contributed by atoms with Crippen LogP contribution in [0, 0.1) is 10.1 Å². The van der Waals surface area contributed by atoms with Crippen molar-refractivity contribution in [2.24, 2.45) is 0 Å². The second kappa shape index (κ2) is 5.66. The van der Waals surface area contributed by atoms with Gasteiger partial charge in [0.15, 0.2) is 0 Å². The Hall–Kier alpha value is -3.40. The Bertz CT molecular complexity index is 977. The molecule has 116 valence electrons. The molecule has 3 aromatic rings. The van der Waals surface area contributed by atoms with E-state index >= 15 is 0 Å². The number of nitrogens with one attached hydrogen (secondary N) is 1. The molecule has 1 aliphatic heterocycles. The summed E-state index contributed by atoms with van der Waals surface area (Å²) in [6.45, 7) is 0. The van der Waals surface area contributed by atoms with Gasteiger partial charge >= 0.3 is 0 Å². The molecule has 1 N–H and O–H groups in total. The smallest absolute Gasteiger partial charge is 0.277 e. The van der Waals surface area contributed by atoms with E-state index in [9.17, 15) is 10.1 Å². The van der Waals surface area contributed by atoms with Crippen LogP contribution in [-0.4, -0.2) is 4.92 Å². The van der Waals surface area contributed by atoms with Gasteiger partial charge in [0.1, 0.15) is 0 Å². The van der Waals surface area contributed by atoms with E-state index in [2.05, 4.69) is 11.4 Å². The van der Waals surface area contributed by atoms with Crippen molar-refractivity contribution in [1.29, 1.82) is 0 Å². The number of fused-ring (bicyclic) bond motifs is 2. The van der Waals surface area contributed by atoms with Gasteiger partial charge in [-0.05, 0) is 23.3 Å². The normalized spacial score (nSPS) is 11.8. The number of benzene rings is 3. The number of nitro benzene ring substituents is 1. The van der Waals surface area contributed by atoms with E-state index in [1.807, 2.05) is 54.6 Å². The van der Waals surface area contributed by atoms with Gasteiger partial charge in [0.25, 0.3) is 5.69 Å². The molecule has 0 aromatic heterocycles. The van der Waals surface area contributed by atoms with Gasteiger partial charge in [-0.2, -0.15) is 0 Å². The molecule has 0 radical (unpaired) electrons. The second-order valence-corrected chi connectivity index (χ2v) is 5.59. The highest BCUT2D eigenvalue weighted by molar-refractivity contribution is 5.95. The van der Waals surface area contributed by atoms with Crippen molar-refractivity contribution in [2.45, 2.75) is 0 Å². The quantitative estimate of drug-likeness (QED) is 0.393. The number of nitrogens with zero attached hydrogens (tertiary/aromatic N) is 1. The third-order valence-electron chi connectivity index (χ3n) is 4.15. The van der Waals surface area contributed by atoms with Crippen LogP contribution in [0.25, 0.3) is 23.3 Å². The Balaban J connectivity index is 1.94. The van der Waals surface area contributed by atoms with Crippen LogP contribution >= 0.6 is 0 Å². The van der Waals surface area contributed by atoms with Crippen LogP contribution in [0.3, 0.4) is 0 Å². The third-order valence-corrected chi connectivity index (χ3v) is 4.15. The largest absolute Gasteiger partial charge is 0.354 e. The lowest BCUT2D eigenvalue weighted by Crippen LogP contribution is -1.98. The molecule has 0 saturated carbocycles. The maximum absolute atomic E-state index is 11.4. The van der Waals surface area contributed by atoms with Gasteiger partial charge in [0.05, 0.1) is 16.2 Å². The van der Waals surface area contributed by atoms with Gasteiger partial charge in [-0.25, -0.2) is 0 Å². The van der Waals surface area contributed by atoms with E-state index in [1.54, 1.807) is 12.1 Å². The number of para-hydroxylation sites is 3. The van der Waals surface area contributed by atoms with Gasteiger partial charge in [0, 0.05) is 17.3 Å². The topological polar surface area (TPSA) is 55.2 Å². The van der Waals surface area contributed by atoms with Crippen LogP contribution in [-0.2, 0) is 0 Å². The van der Waals surface area contributed by atoms with Crippen LogP contribution in [0.2, 0.25) is 0 Å². The molecular weight excluding hydrogens is 300 g/mol. The van der Waals surface area contributed by atoms with Gasteiger partial charge in [-0.1, -0.05) is 60.7 Å². The molecule has 3 aromatic carbocycles. The van der Waals surface area contributed by atoms with Crippen molar-refractivity contribution < 1.29 is 4.92 Å². The van der Waals surface area contributed by atoms with Crippen LogP contribution in [0.1, 0.15) is 11.1 Å². The van der Waals surface area contributed by atoms with Crippen molar-refractivity contribution in [3.05, 3.63) is 88.0 Å². The van der Waals surface area contributed by atoms with Gasteiger partial charge in [-0.15, -0.1) is 0 Å². The Morgan fingerprint density at radius 1 is 0.750 bits per heavy atom. The maximum atomic E-state index is 11.4. The molecule has 4 rings (SSSR count). The molecule has 0 aliphatic carbocycles. The van der Waals surface area contributed by atoms with Crippen molar-refractivity contribution in [3.63, 3.8) is 0 Å². The maximum Gasteiger partial charge on any atom is 0.277 e. The number of rotatable bonds is 2. The summed E-state index contributed by atoms with van der Waals surface area (Å²) in [5.74, 6) is 0. The third kappa shape index (κ3) is 2.34. The van der Waals surface area contributed by atoms with Crippen molar-refractivity contribution in [3.8, 4) is 11.1 Å². The van der Waals surface area contributed by atoms with E-state index in [0.29, 0.717) is 5.56 Å². The minimum atomic E-state index is -0.338. The van der Waals surface area contributed by atoms with E-state index in [-0.39, 0.29) is 10.6 Å². The fraction of sp³-hybridized carbons (Fsp3) is 0. The second-order valence-electron chi connectivity index (χ2n) is 5.59. The van der Waals surface area contributed by atoms with E-state index in [0.717, 1.165) is 28.1 Å². The van der Waals surface area contributed by atoms with E-state index in [4.69, 9.17) is 0 Å². The molecule has 4 nitrogen and oxygen atoms in total. The summed E-state index contributed by atoms with van der Waals surface area (Å²) in [6.07, 6.45) is 4.09. The van der Waals surface area contributed by atoms with Gasteiger partial charge in [0.2, 0.25) is 0 Å². The van der Waals surface area contributed by atoms with Crippen molar-refractivity contribution in [1.82, 2.24) is 0 Å². The van der Waals surface area contributed by atoms with Crippen LogP contribution in [0.15, 0.2) is 66.7 Å². The number of anilines is 2. The molecule has 24 heavy (non-hydrogen) atoms. The number of nitro groups is 1. The Labute approximate surface area is 139 Å². The minimum absolute atomic E-state index is 0.106. The average molecular weight is 314 g/mol. The highest BCUT2D eigenvalue weighted by Crippen LogP contribution is 2.40. The summed E-state index contributed by atoms with van der Waals surface area (Å²) >= 11 is 0. The lowest BCUT2D eigenvalue weighted by molar-refractivity contribution is -0.384. The van der Waals surface area contributed by atoms with Crippen molar-refractivity contribution in [2.75, 3.05) is 5.32 Å². The molecule has 4 heteroatoms. The zero-order chi connectivity index (χ0) is 16.5. The summed E-state index contributed by atoms with van der Waals surface area (Å²) in [5.41, 5.74) is 5.49. The molecule has 1 aliphatic rings. The summed E-state index contributed by atoms with van der Waals surface area (Å²) in [5, 5.41) is 14.9. The Kier molecular flexibility index (Phi) is 3.35. The summed E-state index contributed by atoms with van der Waals surface area (Å²) in [4.78, 5) is 11.1. The highest BCUT2D eigenvalue weighted by atomic mass is 16.6. The molecule has 1 heterocycles. The predicted octanol–water partition coefficient (Wildman–Crippen LogP) is 5.49. The lowest BCUT2D eigenvalue weighted by atomic mass is 9.98. The fourth-order valence-corrected chi connectivity index (χ4v) is 3.00. The van der Waals surface area contributed by atoms with E-state index in [1.165, 1.54) is 6.07 Å². The predicted molar refractivity (Wildman–Crippen MR) is 97.2 cm³/mol. The number of hydrogen-bond donors (Lipinski definition) is 1. The van der Waals surface area contributed by atoms with Crippen molar-refractivity contribution >= 4 is 29.2 Å². The first-order valence-corrected chi connectivity index (χ1v) is 7.65. The first-order chi connectivity index (χ1) is 11.7. The van der Waals surface area contributed by atoms with Crippen LogP contribution < -0.4 is 5.32 Å². The standard InChI is InChI=1S/C20H14N2O2/c23-22(24)19-11-4-2-8-16(19)17-9-5-7-15-13-12-14-6-1-3-10-18(14)21-20(15)17/h1-13,21H.